The standard InChI is InChI=1S/C12H15ClFNO/c1-3-15(4-2)12(16)8-9-10(13)6-5-7-11(9)14/h5-7H,3-4,8H2,1-2H3. The van der Waals surface area contributed by atoms with Crippen molar-refractivity contribution in [3.63, 3.8) is 0 Å². The zero-order valence-corrected chi connectivity index (χ0v) is 10.2. The molecule has 0 bridgehead atoms. The maximum atomic E-state index is 13.4. The fourth-order valence-corrected chi connectivity index (χ4v) is 1.77. The summed E-state index contributed by atoms with van der Waals surface area (Å²) in [6.45, 7) is 5.04. The molecule has 0 aliphatic heterocycles. The monoisotopic (exact) mass is 243 g/mol. The lowest BCUT2D eigenvalue weighted by Crippen LogP contribution is -2.32. The number of likely N-dealkylation sites (N-methyl/N-ethyl adjacent to an activating group) is 1. The molecule has 0 aliphatic carbocycles. The molecule has 0 radical (unpaired) electrons. The SMILES string of the molecule is CCN(CC)C(=O)Cc1c(F)cccc1Cl. The summed E-state index contributed by atoms with van der Waals surface area (Å²) in [4.78, 5) is 13.4. The Bertz CT molecular complexity index is 357. The Hall–Kier alpha value is -1.09. The van der Waals surface area contributed by atoms with E-state index in [4.69, 9.17) is 11.6 Å². The van der Waals surface area contributed by atoms with E-state index < -0.39 is 5.82 Å². The van der Waals surface area contributed by atoms with Crippen molar-refractivity contribution in [2.45, 2.75) is 20.3 Å². The van der Waals surface area contributed by atoms with Crippen molar-refractivity contribution in [3.05, 3.63) is 34.6 Å². The van der Waals surface area contributed by atoms with E-state index in [1.54, 1.807) is 11.0 Å². The Morgan fingerprint density at radius 2 is 2.00 bits per heavy atom. The third-order valence-electron chi connectivity index (χ3n) is 2.51. The quantitative estimate of drug-likeness (QED) is 0.796. The average Bonchev–Trinajstić information content (AvgIpc) is 2.25. The minimum absolute atomic E-state index is 0.0210. The van der Waals surface area contributed by atoms with E-state index >= 15 is 0 Å². The maximum absolute atomic E-state index is 13.4. The van der Waals surface area contributed by atoms with Crippen molar-refractivity contribution in [3.8, 4) is 0 Å². The van der Waals surface area contributed by atoms with Crippen LogP contribution in [-0.2, 0) is 11.2 Å². The Morgan fingerprint density at radius 3 is 2.50 bits per heavy atom. The maximum Gasteiger partial charge on any atom is 0.227 e. The number of carbonyl (C=O) groups is 1. The van der Waals surface area contributed by atoms with Crippen LogP contribution in [0.2, 0.25) is 5.02 Å². The van der Waals surface area contributed by atoms with Gasteiger partial charge in [0.05, 0.1) is 6.42 Å². The molecule has 4 heteroatoms. The second-order valence-electron chi connectivity index (χ2n) is 3.44. The molecular formula is C12H15ClFNO. The van der Waals surface area contributed by atoms with Crippen molar-refractivity contribution in [2.24, 2.45) is 0 Å². The zero-order valence-electron chi connectivity index (χ0n) is 9.46. The molecule has 1 aromatic carbocycles. The Morgan fingerprint density at radius 1 is 1.38 bits per heavy atom. The molecule has 0 heterocycles. The summed E-state index contributed by atoms with van der Waals surface area (Å²) in [5.41, 5.74) is 0.279. The van der Waals surface area contributed by atoms with Crippen LogP contribution in [0, 0.1) is 5.82 Å². The summed E-state index contributed by atoms with van der Waals surface area (Å²) >= 11 is 5.85. The zero-order chi connectivity index (χ0) is 12.1. The Kier molecular flexibility index (Phi) is 4.74. The summed E-state index contributed by atoms with van der Waals surface area (Å²) in [6.07, 6.45) is 0.0210. The van der Waals surface area contributed by atoms with Crippen LogP contribution < -0.4 is 0 Å². The predicted molar refractivity (Wildman–Crippen MR) is 63.0 cm³/mol. The molecule has 0 aromatic heterocycles. The highest BCUT2D eigenvalue weighted by atomic mass is 35.5. The Balaban J connectivity index is 2.84. The number of rotatable bonds is 4. The predicted octanol–water partition coefficient (Wildman–Crippen LogP) is 2.89. The summed E-state index contributed by atoms with van der Waals surface area (Å²) in [7, 11) is 0. The highest BCUT2D eigenvalue weighted by Gasteiger charge is 2.15. The van der Waals surface area contributed by atoms with E-state index in [-0.39, 0.29) is 17.9 Å². The fourth-order valence-electron chi connectivity index (χ4n) is 1.54. The molecule has 0 unspecified atom stereocenters. The van der Waals surface area contributed by atoms with Gasteiger partial charge in [-0.2, -0.15) is 0 Å². The number of benzene rings is 1. The molecule has 0 fully saturated rings. The van der Waals surface area contributed by atoms with Crippen LogP contribution in [0.4, 0.5) is 4.39 Å². The highest BCUT2D eigenvalue weighted by Crippen LogP contribution is 2.20. The van der Waals surface area contributed by atoms with E-state index in [1.165, 1.54) is 12.1 Å². The largest absolute Gasteiger partial charge is 0.343 e. The number of carbonyl (C=O) groups excluding carboxylic acids is 1. The van der Waals surface area contributed by atoms with Crippen molar-refractivity contribution in [2.75, 3.05) is 13.1 Å². The lowest BCUT2D eigenvalue weighted by atomic mass is 10.1. The fraction of sp³-hybridized carbons (Fsp3) is 0.417. The van der Waals surface area contributed by atoms with Gasteiger partial charge in [-0.3, -0.25) is 4.79 Å². The smallest absolute Gasteiger partial charge is 0.227 e. The van der Waals surface area contributed by atoms with Gasteiger partial charge in [-0.1, -0.05) is 17.7 Å². The van der Waals surface area contributed by atoms with Gasteiger partial charge < -0.3 is 4.90 Å². The highest BCUT2D eigenvalue weighted by molar-refractivity contribution is 6.31. The number of amides is 1. The van der Waals surface area contributed by atoms with Crippen molar-refractivity contribution >= 4 is 17.5 Å². The van der Waals surface area contributed by atoms with Crippen molar-refractivity contribution < 1.29 is 9.18 Å². The lowest BCUT2D eigenvalue weighted by molar-refractivity contribution is -0.130. The van der Waals surface area contributed by atoms with Crippen LogP contribution >= 0.6 is 11.6 Å². The third-order valence-corrected chi connectivity index (χ3v) is 2.86. The van der Waals surface area contributed by atoms with E-state index in [1.807, 2.05) is 13.8 Å². The first kappa shape index (κ1) is 13.0. The summed E-state index contributed by atoms with van der Waals surface area (Å²) < 4.78 is 13.4. The van der Waals surface area contributed by atoms with Gasteiger partial charge in [0.2, 0.25) is 5.91 Å². The lowest BCUT2D eigenvalue weighted by Gasteiger charge is -2.19. The first-order valence-electron chi connectivity index (χ1n) is 5.30. The molecule has 16 heavy (non-hydrogen) atoms. The van der Waals surface area contributed by atoms with Crippen LogP contribution in [0.1, 0.15) is 19.4 Å². The average molecular weight is 244 g/mol. The third kappa shape index (κ3) is 2.95. The molecular weight excluding hydrogens is 229 g/mol. The van der Waals surface area contributed by atoms with Gasteiger partial charge in [0.15, 0.2) is 0 Å². The molecule has 0 spiro atoms. The molecule has 88 valence electrons. The van der Waals surface area contributed by atoms with Gasteiger partial charge in [-0.15, -0.1) is 0 Å². The molecule has 0 aliphatic rings. The van der Waals surface area contributed by atoms with E-state index in [9.17, 15) is 9.18 Å². The number of nitrogens with zero attached hydrogens (tertiary/aromatic N) is 1. The first-order chi connectivity index (χ1) is 7.60. The van der Waals surface area contributed by atoms with E-state index in [2.05, 4.69) is 0 Å². The van der Waals surface area contributed by atoms with Crippen LogP contribution in [0.15, 0.2) is 18.2 Å². The molecule has 1 aromatic rings. The first-order valence-corrected chi connectivity index (χ1v) is 5.68. The number of hydrogen-bond donors (Lipinski definition) is 0. The van der Waals surface area contributed by atoms with Crippen LogP contribution in [0.25, 0.3) is 0 Å². The topological polar surface area (TPSA) is 20.3 Å². The van der Waals surface area contributed by atoms with Crippen molar-refractivity contribution in [1.82, 2.24) is 4.90 Å². The van der Waals surface area contributed by atoms with Crippen LogP contribution in [0.5, 0.6) is 0 Å². The van der Waals surface area contributed by atoms with E-state index in [0.29, 0.717) is 18.1 Å². The van der Waals surface area contributed by atoms with Gasteiger partial charge in [0.25, 0.3) is 0 Å². The van der Waals surface area contributed by atoms with Gasteiger partial charge >= 0.3 is 0 Å². The van der Waals surface area contributed by atoms with Gasteiger partial charge in [-0.25, -0.2) is 4.39 Å². The van der Waals surface area contributed by atoms with Crippen LogP contribution in [0.3, 0.4) is 0 Å². The summed E-state index contributed by atoms with van der Waals surface area (Å²) in [5.74, 6) is -0.523. The van der Waals surface area contributed by atoms with Crippen LogP contribution in [-0.4, -0.2) is 23.9 Å². The van der Waals surface area contributed by atoms with Crippen molar-refractivity contribution in [1.29, 1.82) is 0 Å². The minimum atomic E-state index is -0.423. The van der Waals surface area contributed by atoms with Gasteiger partial charge in [-0.05, 0) is 26.0 Å². The summed E-state index contributed by atoms with van der Waals surface area (Å²) in [5, 5.41) is 0.306. The molecule has 0 atom stereocenters. The summed E-state index contributed by atoms with van der Waals surface area (Å²) in [6, 6.07) is 4.44. The minimum Gasteiger partial charge on any atom is -0.343 e. The normalized spacial score (nSPS) is 10.2. The van der Waals surface area contributed by atoms with E-state index in [0.717, 1.165) is 0 Å². The molecule has 2 nitrogen and oxygen atoms in total. The van der Waals surface area contributed by atoms with Gasteiger partial charge in [0, 0.05) is 23.7 Å². The number of halogens is 2. The molecule has 0 N–H and O–H groups in total. The molecule has 1 rings (SSSR count). The molecule has 0 saturated heterocycles. The second-order valence-corrected chi connectivity index (χ2v) is 3.85. The number of hydrogen-bond acceptors (Lipinski definition) is 1. The van der Waals surface area contributed by atoms with Gasteiger partial charge in [0.1, 0.15) is 5.82 Å². The molecule has 0 saturated carbocycles. The molecule has 1 amide bonds. The second kappa shape index (κ2) is 5.85. The Labute approximate surface area is 100 Å².